The van der Waals surface area contributed by atoms with Gasteiger partial charge in [0.25, 0.3) is 20.2 Å². The highest BCUT2D eigenvalue weighted by atomic mass is 32.2. The maximum absolute atomic E-state index is 11.5. The van der Waals surface area contributed by atoms with Crippen molar-refractivity contribution in [3.63, 3.8) is 0 Å². The molecule has 0 saturated carbocycles. The summed E-state index contributed by atoms with van der Waals surface area (Å²) in [6.45, 7) is 7.92. The molecule has 0 spiro atoms. The summed E-state index contributed by atoms with van der Waals surface area (Å²) in [7, 11) is -6.11. The van der Waals surface area contributed by atoms with Gasteiger partial charge in [0.2, 0.25) is 5.69 Å². The molecule has 1 unspecified atom stereocenters. The molecule has 1 aliphatic carbocycles. The number of unbranched alkanes of at least 4 members (excludes halogenated alkanes) is 2. The number of rotatable bonds is 16. The van der Waals surface area contributed by atoms with Crippen LogP contribution >= 0.6 is 0 Å². The zero-order valence-corrected chi connectivity index (χ0v) is 34.5. The fraction of sp³-hybridized carbons (Fsp3) is 0.386. The Morgan fingerprint density at radius 2 is 1.45 bits per heavy atom. The number of para-hydroxylation sites is 3. The highest BCUT2D eigenvalue weighted by Gasteiger charge is 2.45. The molecule has 3 aliphatic rings. The second-order valence-electron chi connectivity index (χ2n) is 15.8. The molecule has 0 fully saturated rings. The molecule has 1 atom stereocenters. The summed E-state index contributed by atoms with van der Waals surface area (Å²) >= 11 is 0. The van der Waals surface area contributed by atoms with Crippen molar-refractivity contribution in [2.24, 2.45) is 0 Å². The van der Waals surface area contributed by atoms with Crippen LogP contribution in [0.25, 0.3) is 0 Å². The first-order valence-corrected chi connectivity index (χ1v) is 22.6. The van der Waals surface area contributed by atoms with E-state index in [0.717, 1.165) is 52.6 Å². The minimum absolute atomic E-state index is 0.252. The summed E-state index contributed by atoms with van der Waals surface area (Å²) in [5, 5.41) is 3.49. The van der Waals surface area contributed by atoms with Crippen LogP contribution in [0.3, 0.4) is 0 Å². The van der Waals surface area contributed by atoms with E-state index in [1.807, 2.05) is 37.4 Å². The van der Waals surface area contributed by atoms with Crippen LogP contribution in [-0.4, -0.2) is 67.9 Å². The topological polar surface area (TPSA) is 153 Å². The molecule has 2 heterocycles. The number of hydrogen-bond acceptors (Lipinski definition) is 7. The standard InChI is InChI=1S/C44H54N4O6S2/c1-43(2)35-16-6-9-19-38(35)47(27-11-13-29-55(49,50)51)40(43)25-23-32-21-22-33(42(32)46-4)24-26-41-44(3,31-34-15-5-8-18-37(34)45)36-17-7-10-20-39(36)48(41)28-12-14-30-56(52,53)54/h5-10,15-20,23-26H,11-14,21-22,27-31,45H2,1-4H3,(H2,49,50,51,52,53,54)/p+1/b33-24+,41-26+. The van der Waals surface area contributed by atoms with E-state index in [1.54, 1.807) is 0 Å². The van der Waals surface area contributed by atoms with Crippen molar-refractivity contribution >= 4 is 43.0 Å². The smallest absolute Gasteiger partial charge is 0.264 e. The summed E-state index contributed by atoms with van der Waals surface area (Å²) in [6, 6.07) is 24.7. The minimum atomic E-state index is -4.05. The van der Waals surface area contributed by atoms with Crippen LogP contribution < -0.4 is 16.0 Å². The van der Waals surface area contributed by atoms with E-state index in [4.69, 9.17) is 5.73 Å². The Labute approximate surface area is 332 Å². The van der Waals surface area contributed by atoms with Crippen LogP contribution in [0.2, 0.25) is 0 Å². The number of allylic oxidation sites excluding steroid dienone is 7. The first-order valence-electron chi connectivity index (χ1n) is 19.4. The molecular formula is C44H55N4O6S2+. The lowest BCUT2D eigenvalue weighted by Gasteiger charge is -2.31. The lowest BCUT2D eigenvalue weighted by atomic mass is 9.76. The highest BCUT2D eigenvalue weighted by Crippen LogP contribution is 2.50. The third-order valence-electron chi connectivity index (χ3n) is 11.6. The Morgan fingerprint density at radius 3 is 2.14 bits per heavy atom. The number of nitrogen functional groups attached to an aromatic ring is 1. The van der Waals surface area contributed by atoms with E-state index in [2.05, 4.69) is 102 Å². The number of hydrogen-bond donors (Lipinski definition) is 4. The normalized spacial score (nSPS) is 20.9. The number of nitrogens with zero attached hydrogens (tertiary/aromatic N) is 2. The molecule has 2 aliphatic heterocycles. The molecule has 3 aromatic carbocycles. The number of nitrogens with one attached hydrogen (secondary N) is 1. The molecule has 0 amide bonds. The van der Waals surface area contributed by atoms with Gasteiger partial charge < -0.3 is 16.0 Å². The lowest BCUT2D eigenvalue weighted by Crippen LogP contribution is -2.31. The molecule has 56 heavy (non-hydrogen) atoms. The summed E-state index contributed by atoms with van der Waals surface area (Å²) < 4.78 is 66.8. The first kappa shape index (κ1) is 41.2. The summed E-state index contributed by atoms with van der Waals surface area (Å²) in [5.41, 5.74) is 17.9. The monoisotopic (exact) mass is 799 g/mol. The summed E-state index contributed by atoms with van der Waals surface area (Å²) in [6.07, 6.45) is 13.2. The molecule has 10 nitrogen and oxygen atoms in total. The maximum Gasteiger partial charge on any atom is 0.264 e. The second kappa shape index (κ2) is 16.5. The van der Waals surface area contributed by atoms with Gasteiger partial charge in [-0.3, -0.25) is 9.11 Å². The Hall–Kier alpha value is -4.49. The Morgan fingerprint density at radius 1 is 0.804 bits per heavy atom. The van der Waals surface area contributed by atoms with Crippen molar-refractivity contribution in [1.82, 2.24) is 5.32 Å². The average molecular weight is 800 g/mol. The molecule has 0 aromatic heterocycles. The van der Waals surface area contributed by atoms with Gasteiger partial charge in [-0.2, -0.15) is 21.4 Å². The van der Waals surface area contributed by atoms with Gasteiger partial charge in [0.1, 0.15) is 6.54 Å². The third kappa shape index (κ3) is 8.89. The van der Waals surface area contributed by atoms with Crippen molar-refractivity contribution in [3.8, 4) is 0 Å². The molecule has 0 radical (unpaired) electrons. The molecular weight excluding hydrogens is 745 g/mol. The molecule has 0 saturated heterocycles. The fourth-order valence-corrected chi connectivity index (χ4v) is 9.89. The van der Waals surface area contributed by atoms with Crippen LogP contribution in [0.1, 0.15) is 76.0 Å². The van der Waals surface area contributed by atoms with Crippen molar-refractivity contribution in [2.45, 2.75) is 76.5 Å². The predicted molar refractivity (Wildman–Crippen MR) is 227 cm³/mol. The Balaban J connectivity index is 1.36. The highest BCUT2D eigenvalue weighted by molar-refractivity contribution is 7.86. The van der Waals surface area contributed by atoms with Gasteiger partial charge in [-0.1, -0.05) is 66.7 Å². The fourth-order valence-electron chi connectivity index (χ4n) is 8.75. The zero-order valence-electron chi connectivity index (χ0n) is 32.8. The van der Waals surface area contributed by atoms with Gasteiger partial charge in [-0.05, 0) is 99.8 Å². The van der Waals surface area contributed by atoms with Crippen molar-refractivity contribution in [3.05, 3.63) is 136 Å². The van der Waals surface area contributed by atoms with Crippen molar-refractivity contribution < 1.29 is 30.5 Å². The van der Waals surface area contributed by atoms with E-state index in [0.29, 0.717) is 45.2 Å². The van der Waals surface area contributed by atoms with E-state index in [1.165, 1.54) is 22.3 Å². The van der Waals surface area contributed by atoms with Gasteiger partial charge in [-0.25, -0.2) is 0 Å². The van der Waals surface area contributed by atoms with E-state index < -0.39 is 25.7 Å². The van der Waals surface area contributed by atoms with Crippen LogP contribution in [-0.2, 0) is 37.5 Å². The van der Waals surface area contributed by atoms with Gasteiger partial charge in [0.05, 0.1) is 16.9 Å². The molecule has 5 N–H and O–H groups in total. The number of fused-ring (bicyclic) bond motifs is 2. The van der Waals surface area contributed by atoms with Crippen LogP contribution in [0, 0.1) is 0 Å². The Kier molecular flexibility index (Phi) is 12.2. The maximum atomic E-state index is 11.5. The number of anilines is 2. The summed E-state index contributed by atoms with van der Waals surface area (Å²) in [4.78, 5) is 2.30. The van der Waals surface area contributed by atoms with E-state index >= 15 is 0 Å². The average Bonchev–Trinajstić information content (AvgIpc) is 3.72. The first-order chi connectivity index (χ1) is 26.5. The van der Waals surface area contributed by atoms with Gasteiger partial charge >= 0.3 is 0 Å². The molecule has 0 bridgehead atoms. The van der Waals surface area contributed by atoms with Crippen LogP contribution in [0.15, 0.2) is 120 Å². The predicted octanol–water partition coefficient (Wildman–Crippen LogP) is 7.64. The van der Waals surface area contributed by atoms with Crippen molar-refractivity contribution in [2.75, 3.05) is 42.3 Å². The minimum Gasteiger partial charge on any atom is -0.399 e. The Bertz CT molecular complexity index is 2360. The summed E-state index contributed by atoms with van der Waals surface area (Å²) in [5.74, 6) is -0.525. The number of likely N-dealkylation sites (N-methyl/N-ethyl adjacent to an activating group) is 1. The van der Waals surface area contributed by atoms with E-state index in [-0.39, 0.29) is 16.9 Å². The molecule has 6 rings (SSSR count). The SMILES string of the molecule is CNC1=C(/C=C/C2=[N+](CCCCS(=O)(=O)O)c3ccccc3C2(C)C)CC/C1=C\C=C1\N(CCCCS(=O)(=O)O)c2ccccc2C1(C)Cc1ccccc1N. The number of nitrogens with two attached hydrogens (primary N) is 1. The second-order valence-corrected chi connectivity index (χ2v) is 18.9. The molecule has 12 heteroatoms. The van der Waals surface area contributed by atoms with E-state index in [9.17, 15) is 25.9 Å². The zero-order chi connectivity index (χ0) is 40.3. The third-order valence-corrected chi connectivity index (χ3v) is 13.2. The van der Waals surface area contributed by atoms with Crippen LogP contribution in [0.5, 0.6) is 0 Å². The quantitative estimate of drug-likeness (QED) is 0.0496. The molecule has 3 aromatic rings. The molecule has 298 valence electrons. The van der Waals surface area contributed by atoms with Gasteiger partial charge in [-0.15, -0.1) is 0 Å². The van der Waals surface area contributed by atoms with Crippen molar-refractivity contribution in [1.29, 1.82) is 0 Å². The van der Waals surface area contributed by atoms with Gasteiger partial charge in [0, 0.05) is 65.9 Å². The largest absolute Gasteiger partial charge is 0.399 e. The lowest BCUT2D eigenvalue weighted by molar-refractivity contribution is -0.438. The van der Waals surface area contributed by atoms with Crippen LogP contribution in [0.4, 0.5) is 17.1 Å². The number of benzene rings is 3. The van der Waals surface area contributed by atoms with Gasteiger partial charge in [0.15, 0.2) is 5.71 Å².